The van der Waals surface area contributed by atoms with Crippen molar-refractivity contribution < 1.29 is 9.53 Å². The SMILES string of the molecule is COC(=O)c1ccc2c(c1)CCCC2. The van der Waals surface area contributed by atoms with Gasteiger partial charge in [-0.1, -0.05) is 6.07 Å². The zero-order chi connectivity index (χ0) is 9.97. The molecule has 0 bridgehead atoms. The number of methoxy groups -OCH3 is 1. The number of fused-ring (bicyclic) bond motifs is 1. The summed E-state index contributed by atoms with van der Waals surface area (Å²) in [6.45, 7) is 0. The smallest absolute Gasteiger partial charge is 0.337 e. The van der Waals surface area contributed by atoms with Gasteiger partial charge in [0.15, 0.2) is 0 Å². The van der Waals surface area contributed by atoms with Gasteiger partial charge in [0.25, 0.3) is 0 Å². The fraction of sp³-hybridized carbons (Fsp3) is 0.417. The van der Waals surface area contributed by atoms with E-state index < -0.39 is 0 Å². The molecule has 0 heterocycles. The Labute approximate surface area is 83.9 Å². The number of ether oxygens (including phenoxy) is 1. The Morgan fingerprint density at radius 1 is 1.21 bits per heavy atom. The summed E-state index contributed by atoms with van der Waals surface area (Å²) >= 11 is 0. The highest BCUT2D eigenvalue weighted by Gasteiger charge is 2.12. The van der Waals surface area contributed by atoms with Crippen LogP contribution in [0.1, 0.15) is 34.3 Å². The van der Waals surface area contributed by atoms with E-state index in [1.165, 1.54) is 31.1 Å². The molecule has 1 aliphatic carbocycles. The van der Waals surface area contributed by atoms with E-state index in [0.29, 0.717) is 5.56 Å². The third-order valence-electron chi connectivity index (χ3n) is 2.77. The van der Waals surface area contributed by atoms with Crippen molar-refractivity contribution in [1.82, 2.24) is 0 Å². The molecule has 0 atom stereocenters. The summed E-state index contributed by atoms with van der Waals surface area (Å²) in [6, 6.07) is 5.89. The van der Waals surface area contributed by atoms with E-state index in [0.717, 1.165) is 12.8 Å². The van der Waals surface area contributed by atoms with Gasteiger partial charge in [-0.15, -0.1) is 0 Å². The quantitative estimate of drug-likeness (QED) is 0.635. The Morgan fingerprint density at radius 2 is 1.93 bits per heavy atom. The molecule has 0 saturated carbocycles. The van der Waals surface area contributed by atoms with E-state index in [1.807, 2.05) is 12.1 Å². The van der Waals surface area contributed by atoms with Gasteiger partial charge in [0.1, 0.15) is 0 Å². The Kier molecular flexibility index (Phi) is 2.53. The van der Waals surface area contributed by atoms with Crippen LogP contribution in [-0.2, 0) is 17.6 Å². The maximum absolute atomic E-state index is 11.3. The molecule has 1 aromatic carbocycles. The normalized spacial score (nSPS) is 14.6. The van der Waals surface area contributed by atoms with Gasteiger partial charge in [0.05, 0.1) is 12.7 Å². The minimum Gasteiger partial charge on any atom is -0.465 e. The lowest BCUT2D eigenvalue weighted by Gasteiger charge is -2.15. The third kappa shape index (κ3) is 1.65. The summed E-state index contributed by atoms with van der Waals surface area (Å²) in [4.78, 5) is 11.3. The predicted octanol–water partition coefficient (Wildman–Crippen LogP) is 2.35. The van der Waals surface area contributed by atoms with Gasteiger partial charge >= 0.3 is 5.97 Å². The number of hydrogen-bond donors (Lipinski definition) is 0. The molecule has 2 rings (SSSR count). The van der Waals surface area contributed by atoms with Crippen LogP contribution in [0.25, 0.3) is 0 Å². The zero-order valence-electron chi connectivity index (χ0n) is 8.38. The molecular weight excluding hydrogens is 176 g/mol. The van der Waals surface area contributed by atoms with Crippen molar-refractivity contribution >= 4 is 5.97 Å². The maximum Gasteiger partial charge on any atom is 0.337 e. The highest BCUT2D eigenvalue weighted by Crippen LogP contribution is 2.22. The van der Waals surface area contributed by atoms with Gasteiger partial charge < -0.3 is 4.74 Å². The van der Waals surface area contributed by atoms with Crippen LogP contribution < -0.4 is 0 Å². The van der Waals surface area contributed by atoms with Crippen LogP contribution >= 0.6 is 0 Å². The van der Waals surface area contributed by atoms with Crippen molar-refractivity contribution in [3.8, 4) is 0 Å². The minimum absolute atomic E-state index is 0.238. The third-order valence-corrected chi connectivity index (χ3v) is 2.77. The van der Waals surface area contributed by atoms with Crippen LogP contribution in [0.4, 0.5) is 0 Å². The molecule has 0 unspecified atom stereocenters. The summed E-state index contributed by atoms with van der Waals surface area (Å²) < 4.78 is 4.69. The van der Waals surface area contributed by atoms with Crippen molar-refractivity contribution in [1.29, 1.82) is 0 Å². The molecule has 2 heteroatoms. The number of hydrogen-bond acceptors (Lipinski definition) is 2. The van der Waals surface area contributed by atoms with Crippen molar-refractivity contribution in [3.63, 3.8) is 0 Å². The van der Waals surface area contributed by atoms with Crippen LogP contribution in [0, 0.1) is 0 Å². The van der Waals surface area contributed by atoms with Crippen molar-refractivity contribution in [2.24, 2.45) is 0 Å². The first-order valence-electron chi connectivity index (χ1n) is 5.01. The average Bonchev–Trinajstić information content (AvgIpc) is 2.27. The number of carbonyl (C=O) groups is 1. The van der Waals surface area contributed by atoms with E-state index in [-0.39, 0.29) is 5.97 Å². The van der Waals surface area contributed by atoms with E-state index in [4.69, 9.17) is 0 Å². The first-order chi connectivity index (χ1) is 6.81. The highest BCUT2D eigenvalue weighted by atomic mass is 16.5. The Bertz CT molecular complexity index is 355. The second kappa shape index (κ2) is 3.82. The summed E-state index contributed by atoms with van der Waals surface area (Å²) in [5.74, 6) is -0.238. The fourth-order valence-corrected chi connectivity index (χ4v) is 1.98. The van der Waals surface area contributed by atoms with Gasteiger partial charge in [0.2, 0.25) is 0 Å². The zero-order valence-corrected chi connectivity index (χ0v) is 8.38. The summed E-state index contributed by atoms with van der Waals surface area (Å²) in [7, 11) is 1.42. The van der Waals surface area contributed by atoms with E-state index in [2.05, 4.69) is 10.8 Å². The molecule has 1 aliphatic rings. The van der Waals surface area contributed by atoms with Crippen LogP contribution in [0.5, 0.6) is 0 Å². The van der Waals surface area contributed by atoms with E-state index >= 15 is 0 Å². The Balaban J connectivity index is 2.33. The standard InChI is InChI=1S/C12H14O2/c1-14-12(13)11-7-6-9-4-2-3-5-10(9)8-11/h6-8H,2-5H2,1H3. The molecule has 0 fully saturated rings. The molecule has 1 aromatic rings. The highest BCUT2D eigenvalue weighted by molar-refractivity contribution is 5.89. The Hall–Kier alpha value is -1.31. The molecular formula is C12H14O2. The molecule has 0 radical (unpaired) electrons. The van der Waals surface area contributed by atoms with E-state index in [1.54, 1.807) is 0 Å². The molecule has 0 spiro atoms. The molecule has 74 valence electrons. The number of esters is 1. The van der Waals surface area contributed by atoms with Crippen LogP contribution in [0.15, 0.2) is 18.2 Å². The maximum atomic E-state index is 11.3. The molecule has 0 saturated heterocycles. The summed E-state index contributed by atoms with van der Waals surface area (Å²) in [6.07, 6.45) is 4.75. The second-order valence-corrected chi connectivity index (χ2v) is 3.68. The van der Waals surface area contributed by atoms with E-state index in [9.17, 15) is 4.79 Å². The molecule has 0 N–H and O–H groups in total. The molecule has 0 aromatic heterocycles. The predicted molar refractivity (Wildman–Crippen MR) is 54.4 cm³/mol. The summed E-state index contributed by atoms with van der Waals surface area (Å²) in [5, 5.41) is 0. The van der Waals surface area contributed by atoms with Crippen molar-refractivity contribution in [2.45, 2.75) is 25.7 Å². The Morgan fingerprint density at radius 3 is 2.64 bits per heavy atom. The topological polar surface area (TPSA) is 26.3 Å². The number of carbonyl (C=O) groups excluding carboxylic acids is 1. The monoisotopic (exact) mass is 190 g/mol. The second-order valence-electron chi connectivity index (χ2n) is 3.68. The first-order valence-corrected chi connectivity index (χ1v) is 5.01. The van der Waals surface area contributed by atoms with Gasteiger partial charge in [0, 0.05) is 0 Å². The first kappa shape index (κ1) is 9.25. The minimum atomic E-state index is -0.238. The lowest BCUT2D eigenvalue weighted by molar-refractivity contribution is 0.0600. The van der Waals surface area contributed by atoms with Gasteiger partial charge in [-0.25, -0.2) is 4.79 Å². The van der Waals surface area contributed by atoms with Crippen molar-refractivity contribution in [2.75, 3.05) is 7.11 Å². The number of benzene rings is 1. The largest absolute Gasteiger partial charge is 0.465 e. The van der Waals surface area contributed by atoms with Gasteiger partial charge in [-0.05, 0) is 48.9 Å². The lowest BCUT2D eigenvalue weighted by atomic mass is 9.90. The van der Waals surface area contributed by atoms with Crippen LogP contribution in [0.3, 0.4) is 0 Å². The van der Waals surface area contributed by atoms with Crippen LogP contribution in [0.2, 0.25) is 0 Å². The van der Waals surface area contributed by atoms with Crippen molar-refractivity contribution in [3.05, 3.63) is 34.9 Å². The average molecular weight is 190 g/mol. The molecule has 0 aliphatic heterocycles. The van der Waals surface area contributed by atoms with Gasteiger partial charge in [-0.3, -0.25) is 0 Å². The molecule has 0 amide bonds. The summed E-state index contributed by atoms with van der Waals surface area (Å²) in [5.41, 5.74) is 3.39. The van der Waals surface area contributed by atoms with Gasteiger partial charge in [-0.2, -0.15) is 0 Å². The molecule has 2 nitrogen and oxygen atoms in total. The fourth-order valence-electron chi connectivity index (χ4n) is 1.98. The van der Waals surface area contributed by atoms with Crippen LogP contribution in [-0.4, -0.2) is 13.1 Å². The number of rotatable bonds is 1. The number of aryl methyl sites for hydroxylation is 2. The molecule has 14 heavy (non-hydrogen) atoms. The lowest BCUT2D eigenvalue weighted by Crippen LogP contribution is -2.07.